The minimum Gasteiger partial charge on any atom is -0.458 e. The molecule has 36 heavy (non-hydrogen) atoms. The van der Waals surface area contributed by atoms with Crippen LogP contribution in [-0.4, -0.2) is 32.8 Å². The maximum atomic E-state index is 14.3. The molecule has 1 aliphatic carbocycles. The summed E-state index contributed by atoms with van der Waals surface area (Å²) >= 11 is 0. The maximum Gasteiger partial charge on any atom is 0.343 e. The van der Waals surface area contributed by atoms with Gasteiger partial charge in [0, 0.05) is 29.6 Å². The summed E-state index contributed by atoms with van der Waals surface area (Å²) in [6, 6.07) is 6.27. The molecule has 2 aliphatic heterocycles. The van der Waals surface area contributed by atoms with Crippen LogP contribution in [0.15, 0.2) is 33.9 Å². The lowest BCUT2D eigenvalue weighted by atomic mass is 9.85. The summed E-state index contributed by atoms with van der Waals surface area (Å²) < 4.78 is 23.0. The topological polar surface area (TPSA) is 103 Å². The van der Waals surface area contributed by atoms with Gasteiger partial charge in [-0.15, -0.1) is 0 Å². The number of benzene rings is 1. The molecule has 3 aliphatic rings. The normalized spacial score (nSPS) is 21.2. The number of halogens is 1. The Hall–Kier alpha value is -3.30. The number of fused-ring (bicyclic) bond motifs is 5. The first-order valence-corrected chi connectivity index (χ1v) is 12.6. The number of aromatic nitrogens is 2. The smallest absolute Gasteiger partial charge is 0.343 e. The van der Waals surface area contributed by atoms with Crippen LogP contribution in [0.5, 0.6) is 0 Å². The van der Waals surface area contributed by atoms with Crippen molar-refractivity contribution < 1.29 is 19.0 Å². The molecule has 4 heterocycles. The van der Waals surface area contributed by atoms with E-state index < -0.39 is 22.9 Å². The van der Waals surface area contributed by atoms with Crippen molar-refractivity contribution in [2.24, 2.45) is 0 Å². The molecule has 9 heteroatoms. The fourth-order valence-corrected chi connectivity index (χ4v) is 5.69. The summed E-state index contributed by atoms with van der Waals surface area (Å²) in [5, 5.41) is 14.9. The third-order valence-corrected chi connectivity index (χ3v) is 7.93. The highest BCUT2D eigenvalue weighted by Gasteiger charge is 2.45. The molecule has 188 valence electrons. The van der Waals surface area contributed by atoms with Crippen LogP contribution in [0.4, 0.5) is 4.39 Å². The van der Waals surface area contributed by atoms with E-state index in [0.29, 0.717) is 35.1 Å². The van der Waals surface area contributed by atoms with Gasteiger partial charge >= 0.3 is 5.97 Å². The van der Waals surface area contributed by atoms with Gasteiger partial charge in [0.15, 0.2) is 11.0 Å². The molecule has 0 spiro atoms. The van der Waals surface area contributed by atoms with Gasteiger partial charge in [-0.2, -0.15) is 0 Å². The molecule has 0 radical (unpaired) electrons. The number of rotatable bonds is 6. The number of hydrogen-bond donors (Lipinski definition) is 2. The Bertz CT molecular complexity index is 1550. The van der Waals surface area contributed by atoms with Crippen LogP contribution in [0.1, 0.15) is 62.4 Å². The van der Waals surface area contributed by atoms with Gasteiger partial charge in [0.25, 0.3) is 5.56 Å². The monoisotopic (exact) mass is 493 g/mol. The number of carbonyl (C=O) groups is 1. The lowest BCUT2D eigenvalue weighted by molar-refractivity contribution is -0.172. The Balaban J connectivity index is 1.64. The van der Waals surface area contributed by atoms with Crippen molar-refractivity contribution in [1.82, 2.24) is 14.5 Å². The second kappa shape index (κ2) is 8.11. The average Bonchev–Trinajstić information content (AvgIpc) is 3.62. The first-order valence-electron chi connectivity index (χ1n) is 12.6. The van der Waals surface area contributed by atoms with Gasteiger partial charge in [0.05, 0.1) is 34.6 Å². The highest BCUT2D eigenvalue weighted by molar-refractivity contribution is 5.88. The zero-order valence-corrected chi connectivity index (χ0v) is 20.3. The lowest BCUT2D eigenvalue weighted by Crippen LogP contribution is -2.44. The SMILES string of the molecule is CC[C@H](CNC1CC1)n1c2c(c(=O)c3cc(F)ccc31)-c1cc3c(c(=O)n1C2)COC(=O)[C@]3(O)CC. The second-order valence-corrected chi connectivity index (χ2v) is 10.0. The van der Waals surface area contributed by atoms with E-state index in [-0.39, 0.29) is 47.6 Å². The summed E-state index contributed by atoms with van der Waals surface area (Å²) in [4.78, 5) is 39.8. The van der Waals surface area contributed by atoms with Crippen LogP contribution < -0.4 is 16.3 Å². The molecule has 6 rings (SSSR count). The van der Waals surface area contributed by atoms with Crippen LogP contribution in [0.25, 0.3) is 22.2 Å². The van der Waals surface area contributed by atoms with Crippen molar-refractivity contribution in [2.45, 2.75) is 70.4 Å². The lowest BCUT2D eigenvalue weighted by Gasteiger charge is -2.31. The van der Waals surface area contributed by atoms with Crippen molar-refractivity contribution in [2.75, 3.05) is 6.54 Å². The number of cyclic esters (lactones) is 1. The Morgan fingerprint density at radius 2 is 2.00 bits per heavy atom. The number of hydrogen-bond acceptors (Lipinski definition) is 6. The van der Waals surface area contributed by atoms with E-state index in [9.17, 15) is 23.9 Å². The van der Waals surface area contributed by atoms with Gasteiger partial charge in [-0.25, -0.2) is 9.18 Å². The number of nitrogens with one attached hydrogen (secondary N) is 1. The standard InChI is InChI=1S/C27H28FN3O5/c1-3-16(11-29-15-6-7-15)31-20-8-5-14(28)9-17(20)24(32)23-21-10-19-18(25(33)30(21)12-22(23)31)13-36-26(34)27(19,35)4-2/h5,8-10,15-16,29,35H,3-4,6-7,11-13H2,1-2H3/t16-,27+/m1/s1. The molecular weight excluding hydrogens is 465 g/mol. The fourth-order valence-electron chi connectivity index (χ4n) is 5.69. The number of pyridine rings is 2. The van der Waals surface area contributed by atoms with E-state index >= 15 is 0 Å². The Morgan fingerprint density at radius 3 is 2.69 bits per heavy atom. The quantitative estimate of drug-likeness (QED) is 0.401. The molecule has 1 saturated carbocycles. The van der Waals surface area contributed by atoms with Crippen molar-refractivity contribution in [3.63, 3.8) is 0 Å². The van der Waals surface area contributed by atoms with Crippen LogP contribution in [0.3, 0.4) is 0 Å². The van der Waals surface area contributed by atoms with E-state index in [1.54, 1.807) is 19.1 Å². The van der Waals surface area contributed by atoms with Gasteiger partial charge in [0.1, 0.15) is 12.4 Å². The summed E-state index contributed by atoms with van der Waals surface area (Å²) in [6.45, 7) is 4.32. The Morgan fingerprint density at radius 1 is 1.22 bits per heavy atom. The van der Waals surface area contributed by atoms with E-state index in [4.69, 9.17) is 4.74 Å². The molecule has 0 saturated heterocycles. The summed E-state index contributed by atoms with van der Waals surface area (Å²) in [5.74, 6) is -1.32. The predicted molar refractivity (Wildman–Crippen MR) is 131 cm³/mol. The molecule has 2 N–H and O–H groups in total. The van der Waals surface area contributed by atoms with Gasteiger partial charge in [-0.3, -0.25) is 9.59 Å². The molecule has 0 unspecified atom stereocenters. The van der Waals surface area contributed by atoms with Gasteiger partial charge in [-0.05, 0) is 49.9 Å². The Labute approximate surface area is 206 Å². The largest absolute Gasteiger partial charge is 0.458 e. The molecule has 0 bridgehead atoms. The van der Waals surface area contributed by atoms with Crippen LogP contribution >= 0.6 is 0 Å². The number of aliphatic hydroxyl groups is 1. The van der Waals surface area contributed by atoms with Crippen molar-refractivity contribution >= 4 is 16.9 Å². The van der Waals surface area contributed by atoms with Crippen molar-refractivity contribution in [3.05, 3.63) is 67.5 Å². The van der Waals surface area contributed by atoms with E-state index in [2.05, 4.69) is 16.8 Å². The van der Waals surface area contributed by atoms with Crippen LogP contribution in [0.2, 0.25) is 0 Å². The maximum absolute atomic E-state index is 14.3. The summed E-state index contributed by atoms with van der Waals surface area (Å²) in [5.41, 5.74) is -0.388. The minimum absolute atomic E-state index is 0.0203. The number of nitrogens with zero attached hydrogens (tertiary/aromatic N) is 2. The van der Waals surface area contributed by atoms with E-state index in [1.165, 1.54) is 16.7 Å². The number of carbonyl (C=O) groups excluding carboxylic acids is 1. The average molecular weight is 494 g/mol. The highest BCUT2D eigenvalue weighted by atomic mass is 19.1. The van der Waals surface area contributed by atoms with Gasteiger partial charge < -0.3 is 24.3 Å². The molecule has 3 aromatic rings. The van der Waals surface area contributed by atoms with Crippen molar-refractivity contribution in [1.29, 1.82) is 0 Å². The second-order valence-electron chi connectivity index (χ2n) is 10.0. The predicted octanol–water partition coefficient (Wildman–Crippen LogP) is 2.69. The summed E-state index contributed by atoms with van der Waals surface area (Å²) in [7, 11) is 0. The number of esters is 1. The first-order chi connectivity index (χ1) is 17.3. The van der Waals surface area contributed by atoms with Crippen LogP contribution in [0, 0.1) is 5.82 Å². The molecule has 1 aromatic carbocycles. The molecular formula is C27H28FN3O5. The third kappa shape index (κ3) is 3.22. The van der Waals surface area contributed by atoms with E-state index in [1.807, 2.05) is 0 Å². The van der Waals surface area contributed by atoms with Crippen LogP contribution in [-0.2, 0) is 28.3 Å². The molecule has 1 fully saturated rings. The zero-order chi connectivity index (χ0) is 25.4. The molecule has 8 nitrogen and oxygen atoms in total. The van der Waals surface area contributed by atoms with Gasteiger partial charge in [0.2, 0.25) is 0 Å². The van der Waals surface area contributed by atoms with Crippen molar-refractivity contribution in [3.8, 4) is 11.3 Å². The molecule has 0 amide bonds. The first kappa shape index (κ1) is 23.1. The zero-order valence-electron chi connectivity index (χ0n) is 20.3. The molecule has 2 aromatic heterocycles. The minimum atomic E-state index is -1.97. The third-order valence-electron chi connectivity index (χ3n) is 7.93. The fraction of sp³-hybridized carbons (Fsp3) is 0.444. The molecule has 2 atom stereocenters. The van der Waals surface area contributed by atoms with Gasteiger partial charge in [-0.1, -0.05) is 13.8 Å². The Kier molecular flexibility index (Phi) is 5.21. The number of ether oxygens (including phenoxy) is 1. The highest BCUT2D eigenvalue weighted by Crippen LogP contribution is 2.39. The summed E-state index contributed by atoms with van der Waals surface area (Å²) in [6.07, 6.45) is 3.06. The van der Waals surface area contributed by atoms with E-state index in [0.717, 1.165) is 19.3 Å².